The molecule has 7 heteroatoms. The largest absolute Gasteiger partial charge is 0.354 e. The molecule has 0 heterocycles. The Morgan fingerprint density at radius 3 is 2.23 bits per heavy atom. The third kappa shape index (κ3) is 6.80. The fourth-order valence-electron chi connectivity index (χ4n) is 2.95. The highest BCUT2D eigenvalue weighted by Gasteiger charge is 2.31. The van der Waals surface area contributed by atoms with Gasteiger partial charge in [-0.05, 0) is 43.0 Å². The van der Waals surface area contributed by atoms with Crippen LogP contribution in [0.4, 0.5) is 5.69 Å². The lowest BCUT2D eigenvalue weighted by molar-refractivity contribution is -0.122. The van der Waals surface area contributed by atoms with Crippen molar-refractivity contribution >= 4 is 33.2 Å². The van der Waals surface area contributed by atoms with Crippen LogP contribution in [-0.4, -0.2) is 33.2 Å². The van der Waals surface area contributed by atoms with Crippen molar-refractivity contribution in [3.63, 3.8) is 0 Å². The third-order valence-corrected chi connectivity index (χ3v) is 5.95. The number of carbonyl (C=O) groups is 1. The lowest BCUT2D eigenvalue weighted by Crippen LogP contribution is -2.50. The van der Waals surface area contributed by atoms with Crippen molar-refractivity contribution in [3.8, 4) is 0 Å². The van der Waals surface area contributed by atoms with Gasteiger partial charge < -0.3 is 5.32 Å². The standard InChI is InChI=1S/C19H31ClN2O3S/c1-5-8-9-15(6-2)14-21-19(23)18(7-3)22(26(4,24)25)17-12-10-16(20)11-13-17/h10-13,15,18H,5-9,14H2,1-4H3,(H,21,23)/t15-,18-/m0/s1. The molecule has 0 unspecified atom stereocenters. The van der Waals surface area contributed by atoms with Crippen LogP contribution in [-0.2, 0) is 14.8 Å². The lowest BCUT2D eigenvalue weighted by atomic mass is 9.99. The molecule has 2 atom stereocenters. The van der Waals surface area contributed by atoms with Gasteiger partial charge in [-0.3, -0.25) is 9.10 Å². The number of rotatable bonds is 11. The van der Waals surface area contributed by atoms with E-state index in [0.717, 1.165) is 31.9 Å². The molecule has 1 aromatic carbocycles. The van der Waals surface area contributed by atoms with E-state index < -0.39 is 16.1 Å². The number of sulfonamides is 1. The average molecular weight is 403 g/mol. The van der Waals surface area contributed by atoms with E-state index in [1.165, 1.54) is 4.31 Å². The van der Waals surface area contributed by atoms with E-state index in [1.807, 2.05) is 6.92 Å². The quantitative estimate of drug-likeness (QED) is 0.602. The molecule has 0 saturated carbocycles. The predicted molar refractivity (Wildman–Crippen MR) is 109 cm³/mol. The van der Waals surface area contributed by atoms with Crippen molar-refractivity contribution in [2.24, 2.45) is 5.92 Å². The van der Waals surface area contributed by atoms with Crippen LogP contribution < -0.4 is 9.62 Å². The average Bonchev–Trinajstić information content (AvgIpc) is 2.59. The zero-order valence-electron chi connectivity index (χ0n) is 16.2. The summed E-state index contributed by atoms with van der Waals surface area (Å²) in [6.45, 7) is 6.64. The highest BCUT2D eigenvalue weighted by atomic mass is 35.5. The number of hydrogen-bond acceptors (Lipinski definition) is 3. The van der Waals surface area contributed by atoms with Gasteiger partial charge in [0.25, 0.3) is 0 Å². The maximum absolute atomic E-state index is 12.8. The number of amides is 1. The van der Waals surface area contributed by atoms with Crippen LogP contribution >= 0.6 is 11.6 Å². The van der Waals surface area contributed by atoms with E-state index in [4.69, 9.17) is 11.6 Å². The molecule has 0 aromatic heterocycles. The molecule has 5 nitrogen and oxygen atoms in total. The fourth-order valence-corrected chi connectivity index (χ4v) is 4.29. The van der Waals surface area contributed by atoms with Crippen LogP contribution in [0, 0.1) is 5.92 Å². The second-order valence-corrected chi connectivity index (χ2v) is 8.92. The maximum Gasteiger partial charge on any atom is 0.243 e. The van der Waals surface area contributed by atoms with Gasteiger partial charge in [-0.1, -0.05) is 51.6 Å². The zero-order valence-corrected chi connectivity index (χ0v) is 17.7. The molecule has 0 bridgehead atoms. The summed E-state index contributed by atoms with van der Waals surface area (Å²) in [5, 5.41) is 3.47. The van der Waals surface area contributed by atoms with Crippen LogP contribution in [0.5, 0.6) is 0 Å². The van der Waals surface area contributed by atoms with Crippen molar-refractivity contribution in [1.29, 1.82) is 0 Å². The van der Waals surface area contributed by atoms with Gasteiger partial charge in [-0.25, -0.2) is 8.42 Å². The second kappa shape index (κ2) is 10.8. The van der Waals surface area contributed by atoms with E-state index in [1.54, 1.807) is 24.3 Å². The summed E-state index contributed by atoms with van der Waals surface area (Å²) in [6.07, 6.45) is 5.81. The van der Waals surface area contributed by atoms with E-state index in [2.05, 4.69) is 19.2 Å². The number of halogens is 1. The second-order valence-electron chi connectivity index (χ2n) is 6.62. The Balaban J connectivity index is 2.96. The Bertz CT molecular complexity index is 662. The molecule has 1 rings (SSSR count). The fraction of sp³-hybridized carbons (Fsp3) is 0.632. The summed E-state index contributed by atoms with van der Waals surface area (Å²) < 4.78 is 25.9. The van der Waals surface area contributed by atoms with E-state index >= 15 is 0 Å². The molecule has 0 radical (unpaired) electrons. The summed E-state index contributed by atoms with van der Waals surface area (Å²) >= 11 is 5.90. The Labute approximate surface area is 163 Å². The minimum Gasteiger partial charge on any atom is -0.354 e. The van der Waals surface area contributed by atoms with E-state index in [0.29, 0.717) is 29.6 Å². The Hall–Kier alpha value is -1.27. The van der Waals surface area contributed by atoms with Crippen LogP contribution in [0.1, 0.15) is 52.9 Å². The molecule has 148 valence electrons. The maximum atomic E-state index is 12.8. The molecule has 26 heavy (non-hydrogen) atoms. The number of anilines is 1. The molecule has 0 aliphatic rings. The first kappa shape index (κ1) is 22.8. The van der Waals surface area contributed by atoms with E-state index in [-0.39, 0.29) is 5.91 Å². The summed E-state index contributed by atoms with van der Waals surface area (Å²) in [4.78, 5) is 12.8. The Morgan fingerprint density at radius 1 is 1.15 bits per heavy atom. The Kier molecular flexibility index (Phi) is 9.44. The van der Waals surface area contributed by atoms with Crippen molar-refractivity contribution < 1.29 is 13.2 Å². The van der Waals surface area contributed by atoms with Gasteiger partial charge in [0.1, 0.15) is 6.04 Å². The topological polar surface area (TPSA) is 66.5 Å². The van der Waals surface area contributed by atoms with Gasteiger partial charge in [0, 0.05) is 11.6 Å². The first-order valence-corrected chi connectivity index (χ1v) is 11.5. The minimum absolute atomic E-state index is 0.261. The normalized spacial score (nSPS) is 13.9. The first-order chi connectivity index (χ1) is 12.2. The summed E-state index contributed by atoms with van der Waals surface area (Å²) in [6, 6.07) is 5.70. The number of hydrogen-bond donors (Lipinski definition) is 1. The highest BCUT2D eigenvalue weighted by molar-refractivity contribution is 7.92. The van der Waals surface area contributed by atoms with Gasteiger partial charge in [-0.15, -0.1) is 0 Å². The highest BCUT2D eigenvalue weighted by Crippen LogP contribution is 2.24. The van der Waals surface area contributed by atoms with Gasteiger partial charge in [0.05, 0.1) is 11.9 Å². The van der Waals surface area contributed by atoms with Crippen LogP contribution in [0.3, 0.4) is 0 Å². The van der Waals surface area contributed by atoms with Crippen molar-refractivity contribution in [2.45, 2.75) is 58.9 Å². The predicted octanol–water partition coefficient (Wildman–Crippen LogP) is 4.22. The molecule has 0 saturated heterocycles. The van der Waals surface area contributed by atoms with Crippen molar-refractivity contribution in [2.75, 3.05) is 17.1 Å². The van der Waals surface area contributed by atoms with Gasteiger partial charge in [0.15, 0.2) is 0 Å². The van der Waals surface area contributed by atoms with Gasteiger partial charge >= 0.3 is 0 Å². The molecule has 1 N–H and O–H groups in total. The van der Waals surface area contributed by atoms with Crippen molar-refractivity contribution in [3.05, 3.63) is 29.3 Å². The lowest BCUT2D eigenvalue weighted by Gasteiger charge is -2.30. The Morgan fingerprint density at radius 2 is 1.77 bits per heavy atom. The molecule has 1 aromatic rings. The third-order valence-electron chi connectivity index (χ3n) is 4.52. The number of nitrogens with zero attached hydrogens (tertiary/aromatic N) is 1. The molecular weight excluding hydrogens is 372 g/mol. The van der Waals surface area contributed by atoms with Crippen LogP contribution in [0.25, 0.3) is 0 Å². The first-order valence-electron chi connectivity index (χ1n) is 9.27. The van der Waals surface area contributed by atoms with Crippen LogP contribution in [0.15, 0.2) is 24.3 Å². The summed E-state index contributed by atoms with van der Waals surface area (Å²) in [5.74, 6) is 0.154. The monoisotopic (exact) mass is 402 g/mol. The van der Waals surface area contributed by atoms with E-state index in [9.17, 15) is 13.2 Å². The zero-order chi connectivity index (χ0) is 19.7. The summed E-state index contributed by atoms with van der Waals surface area (Å²) in [7, 11) is -3.62. The number of nitrogens with one attached hydrogen (secondary N) is 1. The molecule has 0 fully saturated rings. The number of benzene rings is 1. The molecule has 0 spiro atoms. The molecular formula is C19H31ClN2O3S. The molecule has 0 aliphatic carbocycles. The SMILES string of the molecule is CCCC[C@H](CC)CNC(=O)[C@H](CC)N(c1ccc(Cl)cc1)S(C)(=O)=O. The smallest absolute Gasteiger partial charge is 0.243 e. The van der Waals surface area contributed by atoms with Gasteiger partial charge in [-0.2, -0.15) is 0 Å². The number of unbranched alkanes of at least 4 members (excludes halogenated alkanes) is 1. The molecule has 1 amide bonds. The van der Waals surface area contributed by atoms with Gasteiger partial charge in [0.2, 0.25) is 15.9 Å². The minimum atomic E-state index is -3.62. The summed E-state index contributed by atoms with van der Waals surface area (Å²) in [5.41, 5.74) is 0.442. The molecule has 0 aliphatic heterocycles. The van der Waals surface area contributed by atoms with Crippen LogP contribution in [0.2, 0.25) is 5.02 Å². The number of carbonyl (C=O) groups excluding carboxylic acids is 1. The van der Waals surface area contributed by atoms with Crippen molar-refractivity contribution in [1.82, 2.24) is 5.32 Å².